The van der Waals surface area contributed by atoms with Gasteiger partial charge in [-0.3, -0.25) is 0 Å². The van der Waals surface area contributed by atoms with Gasteiger partial charge in [-0.25, -0.2) is 4.98 Å². The van der Waals surface area contributed by atoms with Crippen LogP contribution in [0.2, 0.25) is 0 Å². The Balaban J connectivity index is 1.24. The van der Waals surface area contributed by atoms with E-state index in [9.17, 15) is 0 Å². The molecule has 1 aliphatic carbocycles. The third-order valence-electron chi connectivity index (χ3n) is 7.91. The molecule has 3 aromatic rings. The van der Waals surface area contributed by atoms with Crippen LogP contribution in [-0.2, 0) is 4.74 Å². The Bertz CT molecular complexity index is 1300. The summed E-state index contributed by atoms with van der Waals surface area (Å²) in [5.74, 6) is 2.54. The number of hydrogen-bond donors (Lipinski definition) is 1. The summed E-state index contributed by atoms with van der Waals surface area (Å²) in [5.41, 5.74) is 4.12. The molecule has 198 valence electrons. The van der Waals surface area contributed by atoms with E-state index in [4.69, 9.17) is 9.15 Å². The first kappa shape index (κ1) is 24.0. The summed E-state index contributed by atoms with van der Waals surface area (Å²) in [6.45, 7) is 4.53. The average molecular weight is 531 g/mol. The quantitative estimate of drug-likeness (QED) is 0.334. The largest absolute Gasteiger partial charge is 0.416 e. The lowest BCUT2D eigenvalue weighted by Crippen LogP contribution is -2.37. The highest BCUT2D eigenvalue weighted by Crippen LogP contribution is 2.39. The maximum absolute atomic E-state index is 6.32. The lowest BCUT2D eigenvalue weighted by molar-refractivity contribution is 0.0560. The zero-order chi connectivity index (χ0) is 25.3. The van der Waals surface area contributed by atoms with Gasteiger partial charge >= 0.3 is 0 Å². The van der Waals surface area contributed by atoms with E-state index in [1.54, 1.807) is 0 Å². The fraction of sp³-hybridized carbons (Fsp3) is 0.483. The van der Waals surface area contributed by atoms with E-state index >= 15 is 0 Å². The van der Waals surface area contributed by atoms with E-state index in [0.717, 1.165) is 79.0 Å². The smallest absolute Gasteiger partial charge is 0.250 e. The number of hydrogen-bond acceptors (Lipinski definition) is 9. The summed E-state index contributed by atoms with van der Waals surface area (Å²) in [5, 5.41) is 9.69. The van der Waals surface area contributed by atoms with E-state index in [2.05, 4.69) is 66.1 Å². The van der Waals surface area contributed by atoms with Crippen LogP contribution in [0.1, 0.15) is 38.5 Å². The molecule has 1 aromatic carbocycles. The van der Waals surface area contributed by atoms with Gasteiger partial charge in [0.25, 0.3) is 0 Å². The number of piperidine rings is 2. The molecule has 8 rings (SSSR count). The molecule has 9 heteroatoms. The number of rotatable bonds is 3. The van der Waals surface area contributed by atoms with Gasteiger partial charge in [0.2, 0.25) is 11.8 Å². The molecule has 1 N–H and O–H groups in total. The Morgan fingerprint density at radius 3 is 2.71 bits per heavy atom. The van der Waals surface area contributed by atoms with E-state index in [1.165, 1.54) is 19.3 Å². The summed E-state index contributed by atoms with van der Waals surface area (Å²) < 4.78 is 16.1. The standard InChI is InChI=1S/C29H34N6O2S/c1-3-20-4-2-16-36-23-10-14-34(15-11-23)26-18-22(33-38-24-6-7-24)5-8-25(26)29-32-31-28(37-29)21-9-12-30-27(17-21)35(13-1)19-20/h2,4-5,8-9,12,17-18,20,23-24,33H,1,3,6-7,10-11,13-16,19H2/b4-2+. The Morgan fingerprint density at radius 1 is 0.921 bits per heavy atom. The summed E-state index contributed by atoms with van der Waals surface area (Å²) in [7, 11) is 0. The predicted molar refractivity (Wildman–Crippen MR) is 152 cm³/mol. The molecule has 6 heterocycles. The molecule has 38 heavy (non-hydrogen) atoms. The van der Waals surface area contributed by atoms with Crippen LogP contribution in [0.3, 0.4) is 0 Å². The van der Waals surface area contributed by atoms with Crippen molar-refractivity contribution in [3.8, 4) is 22.9 Å². The first-order chi connectivity index (χ1) is 18.8. The monoisotopic (exact) mass is 530 g/mol. The maximum atomic E-state index is 6.32. The van der Waals surface area contributed by atoms with Crippen molar-refractivity contribution >= 4 is 29.1 Å². The van der Waals surface area contributed by atoms with Gasteiger partial charge < -0.3 is 23.7 Å². The minimum absolute atomic E-state index is 0.289. The lowest BCUT2D eigenvalue weighted by atomic mass is 9.97. The normalized spacial score (nSPS) is 24.2. The molecular weight excluding hydrogens is 496 g/mol. The molecule has 3 fully saturated rings. The van der Waals surface area contributed by atoms with Crippen LogP contribution in [0, 0.1) is 5.92 Å². The number of benzene rings is 1. The van der Waals surface area contributed by atoms with Gasteiger partial charge in [0.1, 0.15) is 5.82 Å². The van der Waals surface area contributed by atoms with Crippen LogP contribution in [0.25, 0.3) is 22.9 Å². The molecule has 8 nitrogen and oxygen atoms in total. The Morgan fingerprint density at radius 2 is 1.82 bits per heavy atom. The number of anilines is 3. The Kier molecular flexibility index (Phi) is 6.71. The molecule has 1 unspecified atom stereocenters. The minimum atomic E-state index is 0.289. The zero-order valence-electron chi connectivity index (χ0n) is 21.6. The number of ether oxygens (including phenoxy) is 1. The Hall–Kier alpha value is -3.04. The Labute approximate surface area is 228 Å². The molecule has 1 saturated carbocycles. The van der Waals surface area contributed by atoms with Gasteiger partial charge in [0.15, 0.2) is 0 Å². The van der Waals surface area contributed by atoms with Crippen LogP contribution in [-0.4, -0.2) is 59.3 Å². The summed E-state index contributed by atoms with van der Waals surface area (Å²) >= 11 is 1.82. The zero-order valence-corrected chi connectivity index (χ0v) is 22.4. The topological polar surface area (TPSA) is 79.5 Å². The summed E-state index contributed by atoms with van der Waals surface area (Å²) in [4.78, 5) is 9.49. The molecule has 2 saturated heterocycles. The van der Waals surface area contributed by atoms with E-state index in [1.807, 2.05) is 24.2 Å². The van der Waals surface area contributed by atoms with Gasteiger partial charge in [-0.2, -0.15) is 0 Å². The van der Waals surface area contributed by atoms with Crippen molar-refractivity contribution in [3.05, 3.63) is 48.7 Å². The van der Waals surface area contributed by atoms with Gasteiger partial charge in [-0.15, -0.1) is 10.2 Å². The van der Waals surface area contributed by atoms with E-state index in [-0.39, 0.29) is 6.10 Å². The minimum Gasteiger partial charge on any atom is -0.416 e. The molecule has 5 aliphatic rings. The van der Waals surface area contributed by atoms with Crippen molar-refractivity contribution in [1.29, 1.82) is 0 Å². The SMILES string of the molecule is C1=C/C2CCCN(C2)c2cc(ccn2)-c2nnc(o2)-c2ccc(NSC3CC3)cc2N2CCC(CC2)OC/1. The highest BCUT2D eigenvalue weighted by atomic mass is 32.2. The molecule has 1 atom stereocenters. The number of nitrogens with one attached hydrogen (secondary N) is 1. The second kappa shape index (κ2) is 10.6. The highest BCUT2D eigenvalue weighted by molar-refractivity contribution is 8.01. The second-order valence-electron chi connectivity index (χ2n) is 10.8. The molecule has 0 spiro atoms. The third kappa shape index (κ3) is 5.27. The number of fused-ring (bicyclic) bond motifs is 4. The predicted octanol–water partition coefficient (Wildman–Crippen LogP) is 5.79. The average Bonchev–Trinajstić information content (AvgIpc) is 3.68. The van der Waals surface area contributed by atoms with E-state index < -0.39 is 0 Å². The van der Waals surface area contributed by atoms with Crippen LogP contribution in [0.15, 0.2) is 53.1 Å². The van der Waals surface area contributed by atoms with Crippen molar-refractivity contribution in [2.75, 3.05) is 47.3 Å². The summed E-state index contributed by atoms with van der Waals surface area (Å²) in [6, 6.07) is 10.5. The molecule has 0 radical (unpaired) electrons. The molecule has 4 aliphatic heterocycles. The van der Waals surface area contributed by atoms with Crippen LogP contribution in [0.4, 0.5) is 17.2 Å². The molecule has 2 aromatic heterocycles. The van der Waals surface area contributed by atoms with Crippen LogP contribution < -0.4 is 14.5 Å². The van der Waals surface area contributed by atoms with Gasteiger partial charge in [-0.05, 0) is 86.7 Å². The number of pyridine rings is 1. The first-order valence-corrected chi connectivity index (χ1v) is 14.8. The van der Waals surface area contributed by atoms with Crippen LogP contribution >= 0.6 is 11.9 Å². The van der Waals surface area contributed by atoms with Crippen molar-refractivity contribution in [2.45, 2.75) is 49.9 Å². The summed E-state index contributed by atoms with van der Waals surface area (Å²) in [6.07, 6.45) is 13.7. The van der Waals surface area contributed by atoms with Gasteiger partial charge in [-0.1, -0.05) is 12.2 Å². The van der Waals surface area contributed by atoms with E-state index in [0.29, 0.717) is 24.3 Å². The molecule has 0 amide bonds. The van der Waals surface area contributed by atoms with Gasteiger partial charge in [0.05, 0.1) is 24.0 Å². The fourth-order valence-electron chi connectivity index (χ4n) is 5.63. The number of aromatic nitrogens is 3. The highest BCUT2D eigenvalue weighted by Gasteiger charge is 2.26. The third-order valence-corrected chi connectivity index (χ3v) is 9.07. The first-order valence-electron chi connectivity index (χ1n) is 13.9. The van der Waals surface area contributed by atoms with Crippen LogP contribution in [0.5, 0.6) is 0 Å². The van der Waals surface area contributed by atoms with Gasteiger partial charge in [0, 0.05) is 48.9 Å². The van der Waals surface area contributed by atoms with Crippen molar-refractivity contribution < 1.29 is 9.15 Å². The fourth-order valence-corrected chi connectivity index (χ4v) is 6.43. The molecular formula is C29H34N6O2S. The maximum Gasteiger partial charge on any atom is 0.250 e. The van der Waals surface area contributed by atoms with Crippen molar-refractivity contribution in [2.24, 2.45) is 5.92 Å². The van der Waals surface area contributed by atoms with Crippen molar-refractivity contribution in [1.82, 2.24) is 15.2 Å². The second-order valence-corrected chi connectivity index (χ2v) is 11.9. The number of nitrogens with zero attached hydrogens (tertiary/aromatic N) is 5. The van der Waals surface area contributed by atoms with Crippen molar-refractivity contribution in [3.63, 3.8) is 0 Å². The lowest BCUT2D eigenvalue weighted by Gasteiger charge is -2.34. The molecule has 8 bridgehead atoms.